The van der Waals surface area contributed by atoms with Gasteiger partial charge in [-0.15, -0.1) is 0 Å². The van der Waals surface area contributed by atoms with E-state index in [0.717, 1.165) is 0 Å². The summed E-state index contributed by atoms with van der Waals surface area (Å²) in [6.07, 6.45) is 0.592. The molecule has 1 aromatic rings. The maximum atomic E-state index is 11.9. The Labute approximate surface area is 176 Å². The summed E-state index contributed by atoms with van der Waals surface area (Å²) in [4.78, 5) is 13.5. The zero-order chi connectivity index (χ0) is 15.6. The average Bonchev–Trinajstić information content (AvgIpc) is 2.42. The van der Waals surface area contributed by atoms with Crippen molar-refractivity contribution in [3.63, 3.8) is 0 Å². The summed E-state index contributed by atoms with van der Waals surface area (Å²) in [6, 6.07) is 4.81. The van der Waals surface area contributed by atoms with Crippen LogP contribution in [0.1, 0.15) is 25.3 Å². The number of benzene rings is 1. The molecule has 10 heteroatoms. The van der Waals surface area contributed by atoms with Gasteiger partial charge in [0.05, 0.1) is 11.4 Å². The first-order valence-electron chi connectivity index (χ1n) is 6.13. The van der Waals surface area contributed by atoms with Crippen molar-refractivity contribution in [1.29, 1.82) is 0 Å². The van der Waals surface area contributed by atoms with Gasteiger partial charge in [-0.05, 0) is 18.2 Å². The summed E-state index contributed by atoms with van der Waals surface area (Å²) in [5, 5.41) is 3.78. The zero-order valence-electron chi connectivity index (χ0n) is 12.1. The van der Waals surface area contributed by atoms with Gasteiger partial charge in [0.2, 0.25) is 5.91 Å². The number of fused-ring (bicyclic) bond motifs is 1. The Kier molecular flexibility index (Phi) is 7.47. The van der Waals surface area contributed by atoms with E-state index in [0.29, 0.717) is 29.2 Å². The molecule has 0 aromatic heterocycles. The largest absolute Gasteiger partial charge is 1.00 e. The van der Waals surface area contributed by atoms with Crippen LogP contribution < -0.4 is 56.3 Å². The molecule has 0 spiro atoms. The molecule has 2 rings (SSSR count). The second-order valence-corrected chi connectivity index (χ2v) is 5.73. The fourth-order valence-electron chi connectivity index (χ4n) is 2.08. The molecule has 1 heterocycles. The number of halogens is 1. The summed E-state index contributed by atoms with van der Waals surface area (Å²) in [5.41, 5.74) is 1.29. The molecule has 1 aliphatic rings. The van der Waals surface area contributed by atoms with E-state index in [-0.39, 0.29) is 69.4 Å². The van der Waals surface area contributed by atoms with Gasteiger partial charge in [-0.1, -0.05) is 23.7 Å². The van der Waals surface area contributed by atoms with Crippen molar-refractivity contribution in [1.82, 2.24) is 0 Å². The van der Waals surface area contributed by atoms with E-state index in [4.69, 9.17) is 11.6 Å². The standard InChI is InChI=1S/C12H13ClN2O5S.K/c1-2-12(16)15-6-5-10(14-20-21(17,18)19)9-7-8(13)3-4-11(9)15;/h3-4,7H,2,5-6H2,1H3,(H,17,18,19);/q;+1/p-1/b14-10+;. The number of hydrogen-bond donors (Lipinski definition) is 0. The minimum Gasteiger partial charge on any atom is -0.714 e. The van der Waals surface area contributed by atoms with Crippen molar-refractivity contribution in [3.05, 3.63) is 28.8 Å². The number of carbonyl (C=O) groups is 1. The first-order chi connectivity index (χ1) is 9.81. The minimum atomic E-state index is -4.92. The summed E-state index contributed by atoms with van der Waals surface area (Å²) in [7, 11) is -4.92. The molecule has 1 amide bonds. The molecule has 1 aromatic carbocycles. The molecule has 0 N–H and O–H groups in total. The second kappa shape index (κ2) is 8.20. The van der Waals surface area contributed by atoms with E-state index in [1.54, 1.807) is 30.0 Å². The summed E-state index contributed by atoms with van der Waals surface area (Å²) in [6.45, 7) is 2.07. The maximum Gasteiger partial charge on any atom is 1.00 e. The number of oxime groups is 1. The van der Waals surface area contributed by atoms with Crippen LogP contribution in [0.4, 0.5) is 5.69 Å². The van der Waals surface area contributed by atoms with E-state index in [1.165, 1.54) is 0 Å². The molecule has 22 heavy (non-hydrogen) atoms. The van der Waals surface area contributed by atoms with Crippen molar-refractivity contribution in [2.75, 3.05) is 11.4 Å². The van der Waals surface area contributed by atoms with Crippen LogP contribution in [0, 0.1) is 0 Å². The number of nitrogens with zero attached hydrogens (tertiary/aromatic N) is 2. The van der Waals surface area contributed by atoms with Crippen molar-refractivity contribution in [2.45, 2.75) is 19.8 Å². The summed E-state index contributed by atoms with van der Waals surface area (Å²) in [5.74, 6) is -0.0741. The molecule has 0 atom stereocenters. The van der Waals surface area contributed by atoms with Gasteiger partial charge >= 0.3 is 51.4 Å². The zero-order valence-corrected chi connectivity index (χ0v) is 16.8. The Morgan fingerprint density at radius 3 is 2.77 bits per heavy atom. The average molecular weight is 371 g/mol. The van der Waals surface area contributed by atoms with Crippen LogP contribution in [0.5, 0.6) is 0 Å². The number of amides is 1. The van der Waals surface area contributed by atoms with E-state index < -0.39 is 10.4 Å². The Morgan fingerprint density at radius 1 is 1.50 bits per heavy atom. The SMILES string of the molecule is CCC(=O)N1CC/C(=N\OS(=O)(=O)[O-])c2cc(Cl)ccc21.[K+]. The normalized spacial score (nSPS) is 16.0. The predicted octanol–water partition coefficient (Wildman–Crippen LogP) is -1.33. The minimum absolute atomic E-state index is 0. The molecular formula is C12H12ClKN2O5S. The van der Waals surface area contributed by atoms with Gasteiger partial charge in [-0.2, -0.15) is 8.42 Å². The number of carbonyl (C=O) groups excluding carboxylic acids is 1. The van der Waals surface area contributed by atoms with E-state index in [2.05, 4.69) is 9.44 Å². The van der Waals surface area contributed by atoms with Gasteiger partial charge in [-0.25, -0.2) is 0 Å². The van der Waals surface area contributed by atoms with Gasteiger partial charge in [-0.3, -0.25) is 9.08 Å². The van der Waals surface area contributed by atoms with Crippen molar-refractivity contribution < 1.29 is 73.4 Å². The summed E-state index contributed by atoms with van der Waals surface area (Å²) >= 11 is 5.91. The molecule has 0 radical (unpaired) electrons. The Morgan fingerprint density at radius 2 is 2.18 bits per heavy atom. The molecule has 1 aliphatic heterocycles. The van der Waals surface area contributed by atoms with Crippen molar-refractivity contribution >= 4 is 39.3 Å². The van der Waals surface area contributed by atoms with Crippen LogP contribution in [0.2, 0.25) is 5.02 Å². The second-order valence-electron chi connectivity index (χ2n) is 4.33. The first-order valence-corrected chi connectivity index (χ1v) is 7.84. The molecule has 0 unspecified atom stereocenters. The topological polar surface area (TPSA) is 99.1 Å². The quantitative estimate of drug-likeness (QED) is 0.284. The molecule has 0 saturated heterocycles. The number of hydrogen-bond acceptors (Lipinski definition) is 6. The number of anilines is 1. The van der Waals surface area contributed by atoms with E-state index in [9.17, 15) is 17.8 Å². The van der Waals surface area contributed by atoms with Gasteiger partial charge in [0.15, 0.2) is 0 Å². The molecule has 114 valence electrons. The van der Waals surface area contributed by atoms with Crippen LogP contribution in [0.3, 0.4) is 0 Å². The first kappa shape index (κ1) is 20.0. The van der Waals surface area contributed by atoms with Crippen molar-refractivity contribution in [3.8, 4) is 0 Å². The molecule has 0 bridgehead atoms. The third-order valence-corrected chi connectivity index (χ3v) is 3.47. The third kappa shape index (κ3) is 5.00. The fraction of sp³-hybridized carbons (Fsp3) is 0.333. The molecule has 0 aliphatic carbocycles. The predicted molar refractivity (Wildman–Crippen MR) is 76.0 cm³/mol. The monoisotopic (exact) mass is 370 g/mol. The number of rotatable bonds is 3. The van der Waals surface area contributed by atoms with Crippen LogP contribution in [0.25, 0.3) is 0 Å². The Balaban J connectivity index is 0.00000242. The molecule has 0 saturated carbocycles. The fourth-order valence-corrected chi connectivity index (χ4v) is 2.44. The smallest absolute Gasteiger partial charge is 0.714 e. The van der Waals surface area contributed by atoms with Crippen LogP contribution >= 0.6 is 11.6 Å². The molecular weight excluding hydrogens is 359 g/mol. The Hall–Kier alpha value is -0.00364. The Bertz CT molecular complexity index is 707. The summed E-state index contributed by atoms with van der Waals surface area (Å²) < 4.78 is 35.4. The van der Waals surface area contributed by atoms with Gasteiger partial charge in [0.25, 0.3) is 10.4 Å². The van der Waals surface area contributed by atoms with Crippen LogP contribution in [-0.4, -0.2) is 31.1 Å². The van der Waals surface area contributed by atoms with Gasteiger partial charge in [0, 0.05) is 30.0 Å². The van der Waals surface area contributed by atoms with Gasteiger partial charge in [0.1, 0.15) is 0 Å². The van der Waals surface area contributed by atoms with Crippen molar-refractivity contribution in [2.24, 2.45) is 5.16 Å². The van der Waals surface area contributed by atoms with Gasteiger partial charge < -0.3 is 9.45 Å². The van der Waals surface area contributed by atoms with Crippen LogP contribution in [0.15, 0.2) is 23.4 Å². The van der Waals surface area contributed by atoms with E-state index >= 15 is 0 Å². The van der Waals surface area contributed by atoms with Crippen LogP contribution in [-0.2, 0) is 19.5 Å². The molecule has 7 nitrogen and oxygen atoms in total. The molecule has 0 fully saturated rings. The maximum absolute atomic E-state index is 11.9. The van der Waals surface area contributed by atoms with E-state index in [1.807, 2.05) is 0 Å². The third-order valence-electron chi connectivity index (χ3n) is 2.97.